The first-order valence-corrected chi connectivity index (χ1v) is 7.13. The number of hydrogen-bond acceptors (Lipinski definition) is 4. The van der Waals surface area contributed by atoms with E-state index in [-0.39, 0.29) is 17.2 Å². The monoisotopic (exact) mass is 256 g/mol. The molecule has 5 nitrogen and oxygen atoms in total. The van der Waals surface area contributed by atoms with Gasteiger partial charge >= 0.3 is 0 Å². The van der Waals surface area contributed by atoms with E-state index in [0.717, 1.165) is 6.26 Å². The van der Waals surface area contributed by atoms with Gasteiger partial charge in [0.05, 0.1) is 10.6 Å². The number of nitrogens with one attached hydrogen (secondary N) is 1. The second kappa shape index (κ2) is 5.79. The Kier molecular flexibility index (Phi) is 4.65. The zero-order valence-electron chi connectivity index (χ0n) is 9.64. The van der Waals surface area contributed by atoms with Gasteiger partial charge in [-0.15, -0.1) is 0 Å². The molecule has 17 heavy (non-hydrogen) atoms. The fraction of sp³-hybridized carbons (Fsp3) is 0.364. The van der Waals surface area contributed by atoms with Gasteiger partial charge in [-0.2, -0.15) is 0 Å². The fourth-order valence-electron chi connectivity index (χ4n) is 1.37. The number of hydrogen-bond donors (Lipinski definition) is 2. The van der Waals surface area contributed by atoms with Crippen molar-refractivity contribution in [2.24, 2.45) is 5.73 Å². The predicted octanol–water partition coefficient (Wildman–Crippen LogP) is 0.768. The zero-order valence-corrected chi connectivity index (χ0v) is 10.5. The SMILES string of the molecule is CS(=O)(=O)c1ccccc1NC(=O)CCCN. The van der Waals surface area contributed by atoms with E-state index in [2.05, 4.69) is 5.32 Å². The van der Waals surface area contributed by atoms with Crippen LogP contribution in [0.5, 0.6) is 0 Å². The van der Waals surface area contributed by atoms with Crippen LogP contribution < -0.4 is 11.1 Å². The molecule has 1 rings (SSSR count). The largest absolute Gasteiger partial charge is 0.330 e. The van der Waals surface area contributed by atoms with Crippen molar-refractivity contribution in [2.45, 2.75) is 17.7 Å². The number of sulfone groups is 1. The quantitative estimate of drug-likeness (QED) is 0.814. The third-order valence-corrected chi connectivity index (χ3v) is 3.32. The number of carbonyl (C=O) groups excluding carboxylic acids is 1. The summed E-state index contributed by atoms with van der Waals surface area (Å²) >= 11 is 0. The lowest BCUT2D eigenvalue weighted by Gasteiger charge is -2.09. The van der Waals surface area contributed by atoms with Crippen LogP contribution >= 0.6 is 0 Å². The molecule has 0 aliphatic rings. The van der Waals surface area contributed by atoms with Gasteiger partial charge < -0.3 is 11.1 Å². The van der Waals surface area contributed by atoms with E-state index in [1.807, 2.05) is 0 Å². The van der Waals surface area contributed by atoms with Crippen molar-refractivity contribution in [3.05, 3.63) is 24.3 Å². The van der Waals surface area contributed by atoms with Crippen LogP contribution in [-0.4, -0.2) is 27.1 Å². The molecule has 0 aromatic heterocycles. The molecular formula is C11H16N2O3S. The number of nitrogens with two attached hydrogens (primary N) is 1. The smallest absolute Gasteiger partial charge is 0.224 e. The highest BCUT2D eigenvalue weighted by molar-refractivity contribution is 7.90. The molecule has 0 bridgehead atoms. The van der Waals surface area contributed by atoms with E-state index in [0.29, 0.717) is 18.7 Å². The highest BCUT2D eigenvalue weighted by Crippen LogP contribution is 2.20. The predicted molar refractivity (Wildman–Crippen MR) is 66.5 cm³/mol. The van der Waals surface area contributed by atoms with Gasteiger partial charge in [0, 0.05) is 12.7 Å². The van der Waals surface area contributed by atoms with E-state index in [1.165, 1.54) is 6.07 Å². The normalized spacial score (nSPS) is 11.2. The van der Waals surface area contributed by atoms with Crippen molar-refractivity contribution >= 4 is 21.4 Å². The van der Waals surface area contributed by atoms with Gasteiger partial charge in [-0.1, -0.05) is 12.1 Å². The van der Waals surface area contributed by atoms with Crippen molar-refractivity contribution in [2.75, 3.05) is 18.1 Å². The van der Waals surface area contributed by atoms with Gasteiger partial charge in [-0.05, 0) is 25.1 Å². The molecule has 1 aromatic carbocycles. The third-order valence-electron chi connectivity index (χ3n) is 2.17. The lowest BCUT2D eigenvalue weighted by Crippen LogP contribution is -2.15. The Balaban J connectivity index is 2.88. The summed E-state index contributed by atoms with van der Waals surface area (Å²) in [6.07, 6.45) is 1.97. The van der Waals surface area contributed by atoms with E-state index >= 15 is 0 Å². The van der Waals surface area contributed by atoms with Crippen LogP contribution in [0.2, 0.25) is 0 Å². The molecular weight excluding hydrogens is 240 g/mol. The van der Waals surface area contributed by atoms with Crippen LogP contribution in [0.1, 0.15) is 12.8 Å². The summed E-state index contributed by atoms with van der Waals surface area (Å²) in [6, 6.07) is 6.32. The number of amides is 1. The molecule has 0 aliphatic carbocycles. The Morgan fingerprint density at radius 1 is 1.35 bits per heavy atom. The van der Waals surface area contributed by atoms with Crippen LogP contribution in [-0.2, 0) is 14.6 Å². The average molecular weight is 256 g/mol. The number of rotatable bonds is 5. The van der Waals surface area contributed by atoms with Crippen LogP contribution in [0, 0.1) is 0 Å². The summed E-state index contributed by atoms with van der Waals surface area (Å²) < 4.78 is 23.0. The van der Waals surface area contributed by atoms with Crippen molar-refractivity contribution in [1.29, 1.82) is 0 Å². The highest BCUT2D eigenvalue weighted by atomic mass is 32.2. The van der Waals surface area contributed by atoms with Crippen molar-refractivity contribution in [3.63, 3.8) is 0 Å². The Bertz CT molecular complexity index is 497. The van der Waals surface area contributed by atoms with Crippen molar-refractivity contribution < 1.29 is 13.2 Å². The second-order valence-electron chi connectivity index (χ2n) is 3.71. The Morgan fingerprint density at radius 2 is 2.00 bits per heavy atom. The van der Waals surface area contributed by atoms with Gasteiger partial charge in [0.1, 0.15) is 0 Å². The fourth-order valence-corrected chi connectivity index (χ4v) is 2.21. The van der Waals surface area contributed by atoms with Gasteiger partial charge in [0.2, 0.25) is 5.91 Å². The summed E-state index contributed by atoms with van der Waals surface area (Å²) in [6.45, 7) is 0.432. The number of carbonyl (C=O) groups is 1. The maximum atomic E-state index is 11.5. The minimum absolute atomic E-state index is 0.126. The van der Waals surface area contributed by atoms with Crippen molar-refractivity contribution in [1.82, 2.24) is 0 Å². The molecule has 94 valence electrons. The molecule has 0 unspecified atom stereocenters. The minimum atomic E-state index is -3.34. The molecule has 0 saturated heterocycles. The van der Waals surface area contributed by atoms with E-state index < -0.39 is 9.84 Å². The maximum Gasteiger partial charge on any atom is 0.224 e. The first-order valence-electron chi connectivity index (χ1n) is 5.24. The molecule has 0 heterocycles. The topological polar surface area (TPSA) is 89.3 Å². The molecule has 0 aliphatic heterocycles. The van der Waals surface area contributed by atoms with Crippen LogP contribution in [0.15, 0.2) is 29.2 Å². The molecule has 0 saturated carbocycles. The number of para-hydroxylation sites is 1. The average Bonchev–Trinajstić information content (AvgIpc) is 2.25. The Labute approximate surface area is 101 Å². The lowest BCUT2D eigenvalue weighted by molar-refractivity contribution is -0.116. The highest BCUT2D eigenvalue weighted by Gasteiger charge is 2.13. The van der Waals surface area contributed by atoms with Gasteiger partial charge in [-0.25, -0.2) is 8.42 Å². The van der Waals surface area contributed by atoms with E-state index in [1.54, 1.807) is 18.2 Å². The summed E-state index contributed by atoms with van der Waals surface area (Å²) in [4.78, 5) is 11.6. The molecule has 1 amide bonds. The molecule has 1 aromatic rings. The molecule has 3 N–H and O–H groups in total. The van der Waals surface area contributed by atoms with E-state index in [9.17, 15) is 13.2 Å². The Morgan fingerprint density at radius 3 is 2.59 bits per heavy atom. The third kappa shape index (κ3) is 4.16. The van der Waals surface area contributed by atoms with Gasteiger partial charge in [0.15, 0.2) is 9.84 Å². The second-order valence-corrected chi connectivity index (χ2v) is 5.69. The molecule has 0 atom stereocenters. The minimum Gasteiger partial charge on any atom is -0.330 e. The summed E-state index contributed by atoms with van der Waals surface area (Å²) in [5.74, 6) is -0.230. The number of benzene rings is 1. The maximum absolute atomic E-state index is 11.5. The summed E-state index contributed by atoms with van der Waals surface area (Å²) in [5, 5.41) is 2.58. The molecule has 0 spiro atoms. The van der Waals surface area contributed by atoms with Gasteiger partial charge in [-0.3, -0.25) is 4.79 Å². The number of anilines is 1. The summed E-state index contributed by atoms with van der Waals surface area (Å²) in [5.41, 5.74) is 5.61. The Hall–Kier alpha value is -1.40. The lowest BCUT2D eigenvalue weighted by atomic mass is 10.2. The molecule has 0 radical (unpaired) electrons. The van der Waals surface area contributed by atoms with Crippen LogP contribution in [0.3, 0.4) is 0 Å². The van der Waals surface area contributed by atoms with Crippen LogP contribution in [0.25, 0.3) is 0 Å². The zero-order chi connectivity index (χ0) is 12.9. The first-order chi connectivity index (χ1) is 7.95. The van der Waals surface area contributed by atoms with Crippen molar-refractivity contribution in [3.8, 4) is 0 Å². The molecule has 6 heteroatoms. The standard InChI is InChI=1S/C11H16N2O3S/c1-17(15,16)10-6-3-2-5-9(10)13-11(14)7-4-8-12/h2-3,5-6H,4,7-8,12H2,1H3,(H,13,14). The van der Waals surface area contributed by atoms with E-state index in [4.69, 9.17) is 5.73 Å². The molecule has 0 fully saturated rings. The first kappa shape index (κ1) is 13.7. The summed E-state index contributed by atoms with van der Waals surface area (Å²) in [7, 11) is -3.34. The van der Waals surface area contributed by atoms with Crippen LogP contribution in [0.4, 0.5) is 5.69 Å². The van der Waals surface area contributed by atoms with Gasteiger partial charge in [0.25, 0.3) is 0 Å².